The van der Waals surface area contributed by atoms with Crippen molar-refractivity contribution in [2.45, 2.75) is 25.4 Å². The first kappa shape index (κ1) is 25.3. The van der Waals surface area contributed by atoms with E-state index in [-0.39, 0.29) is 11.8 Å². The summed E-state index contributed by atoms with van der Waals surface area (Å²) in [5.41, 5.74) is 17.3. The highest BCUT2D eigenvalue weighted by molar-refractivity contribution is 6.27. The molecule has 36 heavy (non-hydrogen) atoms. The van der Waals surface area contributed by atoms with Crippen molar-refractivity contribution in [1.29, 1.82) is 0 Å². The molecular weight excluding hydrogens is 472 g/mol. The number of rotatable bonds is 11. The zero-order chi connectivity index (χ0) is 25.2. The zero-order valence-electron chi connectivity index (χ0n) is 20.0. The number of carbonyl (C=O) groups excluding carboxylic acids is 1. The van der Waals surface area contributed by atoms with Gasteiger partial charge in [0.1, 0.15) is 11.9 Å². The topological polar surface area (TPSA) is 94.8 Å². The number of nitrogens with one attached hydrogen (secondary N) is 3. The van der Waals surface area contributed by atoms with Crippen molar-refractivity contribution in [2.24, 2.45) is 10.7 Å². The number of hydrogen-bond acceptors (Lipinski definition) is 5. The van der Waals surface area contributed by atoms with Gasteiger partial charge in [-0.2, -0.15) is 0 Å². The first-order chi connectivity index (χ1) is 17.6. The minimum atomic E-state index is -0.435. The van der Waals surface area contributed by atoms with E-state index in [1.807, 2.05) is 59.7 Å². The van der Waals surface area contributed by atoms with Crippen molar-refractivity contribution in [3.05, 3.63) is 102 Å². The molecule has 8 heteroatoms. The first-order valence-electron chi connectivity index (χ1n) is 12.0. The van der Waals surface area contributed by atoms with Crippen LogP contribution < -0.4 is 22.0 Å². The molecular formula is C28H31ClN6O. The molecule has 1 amide bonds. The molecule has 1 unspecified atom stereocenters. The number of alkyl halides is 1. The number of amides is 1. The predicted octanol–water partition coefficient (Wildman–Crippen LogP) is 4.04. The molecule has 0 fully saturated rings. The zero-order valence-corrected chi connectivity index (χ0v) is 20.8. The van der Waals surface area contributed by atoms with E-state index in [0.29, 0.717) is 31.8 Å². The third-order valence-electron chi connectivity index (χ3n) is 5.93. The number of benzene rings is 3. The molecule has 0 aliphatic carbocycles. The number of aliphatic imine (C=N–C) groups is 1. The van der Waals surface area contributed by atoms with Crippen molar-refractivity contribution in [1.82, 2.24) is 21.3 Å². The SMILES string of the molecule is NC(CCl)=NCCCC(C(=O)NCc1ccccc1)N1C=C(c2ccc(-c3ccccc3)cc2)NN1. The fraction of sp³-hybridized carbons (Fsp3) is 0.214. The van der Waals surface area contributed by atoms with E-state index in [9.17, 15) is 4.79 Å². The summed E-state index contributed by atoms with van der Waals surface area (Å²) in [6.07, 6.45) is 3.21. The van der Waals surface area contributed by atoms with Crippen molar-refractivity contribution in [3.8, 4) is 11.1 Å². The van der Waals surface area contributed by atoms with Gasteiger partial charge in [0.15, 0.2) is 0 Å². The average molecular weight is 503 g/mol. The molecule has 1 atom stereocenters. The van der Waals surface area contributed by atoms with Gasteiger partial charge in [-0.1, -0.05) is 84.9 Å². The fourth-order valence-corrected chi connectivity index (χ4v) is 4.05. The summed E-state index contributed by atoms with van der Waals surface area (Å²) in [5.74, 6) is 0.538. The number of nitrogens with two attached hydrogens (primary N) is 1. The van der Waals surface area contributed by atoms with Crippen LogP contribution in [-0.2, 0) is 11.3 Å². The van der Waals surface area contributed by atoms with E-state index in [1.165, 1.54) is 5.56 Å². The van der Waals surface area contributed by atoms with E-state index in [0.717, 1.165) is 22.4 Å². The summed E-state index contributed by atoms with van der Waals surface area (Å²) < 4.78 is 0. The molecule has 0 aromatic heterocycles. The van der Waals surface area contributed by atoms with Crippen LogP contribution in [0.2, 0.25) is 0 Å². The van der Waals surface area contributed by atoms with Crippen LogP contribution in [0.5, 0.6) is 0 Å². The van der Waals surface area contributed by atoms with Gasteiger partial charge in [-0.3, -0.25) is 14.8 Å². The predicted molar refractivity (Wildman–Crippen MR) is 146 cm³/mol. The highest BCUT2D eigenvalue weighted by atomic mass is 35.5. The number of nitrogens with zero attached hydrogens (tertiary/aromatic N) is 2. The van der Waals surface area contributed by atoms with Crippen LogP contribution in [0.1, 0.15) is 24.0 Å². The average Bonchev–Trinajstić information content (AvgIpc) is 3.42. The number of hydrogen-bond donors (Lipinski definition) is 4. The lowest BCUT2D eigenvalue weighted by atomic mass is 10.0. The molecule has 0 bridgehead atoms. The first-order valence-corrected chi connectivity index (χ1v) is 12.5. The van der Waals surface area contributed by atoms with Crippen molar-refractivity contribution in [3.63, 3.8) is 0 Å². The Balaban J connectivity index is 1.45. The van der Waals surface area contributed by atoms with Gasteiger partial charge in [0, 0.05) is 24.9 Å². The van der Waals surface area contributed by atoms with Crippen molar-refractivity contribution >= 4 is 29.0 Å². The summed E-state index contributed by atoms with van der Waals surface area (Å²) in [5, 5.41) is 4.87. The quantitative estimate of drug-likeness (QED) is 0.137. The number of hydrazine groups is 2. The minimum absolute atomic E-state index is 0.0700. The second kappa shape index (κ2) is 12.8. The lowest BCUT2D eigenvalue weighted by Crippen LogP contribution is -2.50. The smallest absolute Gasteiger partial charge is 0.244 e. The number of carbonyl (C=O) groups is 1. The number of halogens is 1. The second-order valence-corrected chi connectivity index (χ2v) is 8.77. The van der Waals surface area contributed by atoms with E-state index in [4.69, 9.17) is 17.3 Å². The van der Waals surface area contributed by atoms with Crippen LogP contribution >= 0.6 is 11.6 Å². The van der Waals surface area contributed by atoms with Crippen LogP contribution in [0, 0.1) is 0 Å². The Morgan fingerprint density at radius 2 is 1.58 bits per heavy atom. The van der Waals surface area contributed by atoms with Crippen LogP contribution in [0.3, 0.4) is 0 Å². The molecule has 0 saturated heterocycles. The van der Waals surface area contributed by atoms with Crippen molar-refractivity contribution in [2.75, 3.05) is 12.4 Å². The van der Waals surface area contributed by atoms with Gasteiger partial charge in [0.05, 0.1) is 11.6 Å². The molecule has 0 radical (unpaired) electrons. The highest BCUT2D eigenvalue weighted by Gasteiger charge is 2.27. The Morgan fingerprint density at radius 3 is 2.28 bits per heavy atom. The van der Waals surface area contributed by atoms with Crippen LogP contribution in [-0.4, -0.2) is 35.2 Å². The van der Waals surface area contributed by atoms with E-state index < -0.39 is 6.04 Å². The van der Waals surface area contributed by atoms with E-state index >= 15 is 0 Å². The maximum atomic E-state index is 13.2. The maximum absolute atomic E-state index is 13.2. The molecule has 1 aliphatic heterocycles. The third kappa shape index (κ3) is 6.87. The van der Waals surface area contributed by atoms with Crippen LogP contribution in [0.4, 0.5) is 0 Å². The van der Waals surface area contributed by atoms with Crippen LogP contribution in [0.25, 0.3) is 16.8 Å². The Bertz CT molecular complexity index is 1180. The molecule has 0 saturated carbocycles. The molecule has 3 aromatic rings. The van der Waals surface area contributed by atoms with E-state index in [2.05, 4.69) is 57.7 Å². The molecule has 3 aromatic carbocycles. The highest BCUT2D eigenvalue weighted by Crippen LogP contribution is 2.23. The summed E-state index contributed by atoms with van der Waals surface area (Å²) in [6, 6.07) is 28.0. The Kier molecular flexibility index (Phi) is 8.97. The lowest BCUT2D eigenvalue weighted by Gasteiger charge is -2.26. The summed E-state index contributed by atoms with van der Waals surface area (Å²) >= 11 is 5.71. The number of amidine groups is 1. The van der Waals surface area contributed by atoms with Gasteiger partial charge in [0.2, 0.25) is 5.91 Å². The molecule has 4 rings (SSSR count). The van der Waals surface area contributed by atoms with Gasteiger partial charge in [-0.05, 0) is 29.5 Å². The fourth-order valence-electron chi connectivity index (χ4n) is 3.96. The Hall–Kier alpha value is -3.81. The lowest BCUT2D eigenvalue weighted by molar-refractivity contribution is -0.126. The van der Waals surface area contributed by atoms with Gasteiger partial charge in [-0.15, -0.1) is 17.1 Å². The summed E-state index contributed by atoms with van der Waals surface area (Å²) in [6.45, 7) is 0.978. The Labute approximate surface area is 217 Å². The Morgan fingerprint density at radius 1 is 0.944 bits per heavy atom. The third-order valence-corrected chi connectivity index (χ3v) is 6.20. The van der Waals surface area contributed by atoms with E-state index in [1.54, 1.807) is 0 Å². The van der Waals surface area contributed by atoms with Gasteiger partial charge in [0.25, 0.3) is 0 Å². The summed E-state index contributed by atoms with van der Waals surface area (Å²) in [7, 11) is 0. The van der Waals surface area contributed by atoms with Crippen molar-refractivity contribution < 1.29 is 4.79 Å². The largest absolute Gasteiger partial charge is 0.386 e. The monoisotopic (exact) mass is 502 g/mol. The maximum Gasteiger partial charge on any atom is 0.244 e. The second-order valence-electron chi connectivity index (χ2n) is 8.50. The van der Waals surface area contributed by atoms with Crippen LogP contribution in [0.15, 0.2) is 96.1 Å². The molecule has 1 aliphatic rings. The van der Waals surface area contributed by atoms with Gasteiger partial charge in [-0.25, -0.2) is 0 Å². The summed E-state index contributed by atoms with van der Waals surface area (Å²) in [4.78, 5) is 17.5. The molecule has 7 nitrogen and oxygen atoms in total. The van der Waals surface area contributed by atoms with Gasteiger partial charge >= 0.3 is 0 Å². The molecule has 5 N–H and O–H groups in total. The van der Waals surface area contributed by atoms with Gasteiger partial charge < -0.3 is 16.5 Å². The molecule has 0 spiro atoms. The molecule has 1 heterocycles. The minimum Gasteiger partial charge on any atom is -0.386 e. The normalized spacial score (nSPS) is 14.2. The standard InChI is InChI=1S/C28H31ClN6O/c29-18-27(30)31-17-7-12-26(28(36)32-19-21-8-3-1-4-9-21)35-20-25(33-34-35)24-15-13-23(14-16-24)22-10-5-2-6-11-22/h1-6,8-11,13-16,20,26,33-34H,7,12,17-19H2,(H2,30,31)(H,32,36). The molecule has 186 valence electrons.